The molecule has 8 nitrogen and oxygen atoms in total. The number of amides is 2. The Balaban J connectivity index is 1.44. The van der Waals surface area contributed by atoms with Crippen LogP contribution in [-0.4, -0.2) is 65.7 Å². The lowest BCUT2D eigenvalue weighted by molar-refractivity contribution is 0.0119. The molecule has 1 saturated heterocycles. The number of aromatic nitrogens is 2. The summed E-state index contributed by atoms with van der Waals surface area (Å²) in [6.45, 7) is 6.57. The molecular formula is C22H32ClN5O3. The van der Waals surface area contributed by atoms with Gasteiger partial charge in [-0.3, -0.25) is 14.9 Å². The Bertz CT molecular complexity index is 851. The summed E-state index contributed by atoms with van der Waals surface area (Å²) in [7, 11) is 3.47. The summed E-state index contributed by atoms with van der Waals surface area (Å²) in [5.41, 5.74) is 0.938. The van der Waals surface area contributed by atoms with Gasteiger partial charge in [0.25, 0.3) is 0 Å². The molecule has 0 aliphatic carbocycles. The van der Waals surface area contributed by atoms with Gasteiger partial charge in [0, 0.05) is 44.9 Å². The second-order valence-electron chi connectivity index (χ2n) is 7.89. The number of carbonyl (C=O) groups is 1. The Hall–Kier alpha value is -2.29. The van der Waals surface area contributed by atoms with Crippen LogP contribution in [0.4, 0.5) is 10.6 Å². The smallest absolute Gasteiger partial charge is 0.320 e. The number of likely N-dealkylation sites (tertiary alicyclic amines) is 1. The minimum absolute atomic E-state index is 0.106. The zero-order valence-corrected chi connectivity index (χ0v) is 19.4. The van der Waals surface area contributed by atoms with Crippen LogP contribution in [0.2, 0.25) is 5.02 Å². The highest BCUT2D eigenvalue weighted by atomic mass is 35.5. The average molecular weight is 450 g/mol. The Morgan fingerprint density at radius 1 is 1.32 bits per heavy atom. The lowest BCUT2D eigenvalue weighted by Gasteiger charge is -2.40. The fourth-order valence-electron chi connectivity index (χ4n) is 3.53. The number of rotatable bonds is 10. The first kappa shape index (κ1) is 23.4. The summed E-state index contributed by atoms with van der Waals surface area (Å²) in [5, 5.41) is 11.0. The maximum absolute atomic E-state index is 12.5. The first-order valence-electron chi connectivity index (χ1n) is 10.7. The van der Waals surface area contributed by atoms with E-state index < -0.39 is 0 Å². The molecule has 2 N–H and O–H groups in total. The largest absolute Gasteiger partial charge is 0.488 e. The lowest BCUT2D eigenvalue weighted by Crippen LogP contribution is -2.55. The normalized spacial score (nSPS) is 16.4. The van der Waals surface area contributed by atoms with E-state index in [0.29, 0.717) is 10.8 Å². The molecule has 0 spiro atoms. The summed E-state index contributed by atoms with van der Waals surface area (Å²) in [4.78, 5) is 14.8. The summed E-state index contributed by atoms with van der Waals surface area (Å²) >= 11 is 5.91. The maximum Gasteiger partial charge on any atom is 0.320 e. The van der Waals surface area contributed by atoms with Gasteiger partial charge in [-0.15, -0.1) is 0 Å². The van der Waals surface area contributed by atoms with E-state index in [-0.39, 0.29) is 24.3 Å². The van der Waals surface area contributed by atoms with E-state index in [2.05, 4.69) is 20.6 Å². The van der Waals surface area contributed by atoms with Crippen molar-refractivity contribution in [1.29, 1.82) is 0 Å². The number of anilines is 1. The Morgan fingerprint density at radius 2 is 2.03 bits per heavy atom. The number of methoxy groups -OCH3 is 1. The average Bonchev–Trinajstić information content (AvgIpc) is 3.08. The molecular weight excluding hydrogens is 418 g/mol. The molecule has 2 aromatic rings. The van der Waals surface area contributed by atoms with E-state index in [1.807, 2.05) is 51.2 Å². The summed E-state index contributed by atoms with van der Waals surface area (Å²) in [5.74, 6) is 1.50. The number of nitrogens with one attached hydrogen (secondary N) is 2. The van der Waals surface area contributed by atoms with Gasteiger partial charge in [-0.2, -0.15) is 5.10 Å². The van der Waals surface area contributed by atoms with Gasteiger partial charge in [0.2, 0.25) is 0 Å². The monoisotopic (exact) mass is 449 g/mol. The second-order valence-corrected chi connectivity index (χ2v) is 8.32. The molecule has 9 heteroatoms. The van der Waals surface area contributed by atoms with Crippen molar-refractivity contribution in [2.45, 2.75) is 44.9 Å². The van der Waals surface area contributed by atoms with Gasteiger partial charge in [-0.1, -0.05) is 18.5 Å². The molecule has 2 atom stereocenters. The van der Waals surface area contributed by atoms with Crippen LogP contribution < -0.4 is 15.4 Å². The van der Waals surface area contributed by atoms with Crippen LogP contribution in [0.25, 0.3) is 0 Å². The third-order valence-electron chi connectivity index (χ3n) is 5.59. The quantitative estimate of drug-likeness (QED) is 0.581. The highest BCUT2D eigenvalue weighted by Gasteiger charge is 2.30. The van der Waals surface area contributed by atoms with Gasteiger partial charge in [-0.25, -0.2) is 4.79 Å². The number of aryl methyl sites for hydroxylation is 2. The van der Waals surface area contributed by atoms with E-state index in [0.717, 1.165) is 43.9 Å². The van der Waals surface area contributed by atoms with Crippen molar-refractivity contribution in [3.63, 3.8) is 0 Å². The van der Waals surface area contributed by atoms with Gasteiger partial charge < -0.3 is 14.8 Å². The third kappa shape index (κ3) is 6.59. The Kier molecular flexibility index (Phi) is 8.17. The van der Waals surface area contributed by atoms with Crippen molar-refractivity contribution in [3.05, 3.63) is 41.0 Å². The van der Waals surface area contributed by atoms with Crippen LogP contribution in [0, 0.1) is 0 Å². The van der Waals surface area contributed by atoms with Gasteiger partial charge in [0.15, 0.2) is 0 Å². The molecule has 1 aliphatic rings. The fraction of sp³-hybridized carbons (Fsp3) is 0.545. The molecule has 1 aromatic carbocycles. The van der Waals surface area contributed by atoms with Crippen LogP contribution in [0.15, 0.2) is 30.3 Å². The van der Waals surface area contributed by atoms with Gasteiger partial charge in [-0.05, 0) is 44.0 Å². The van der Waals surface area contributed by atoms with E-state index in [1.54, 1.807) is 11.8 Å². The van der Waals surface area contributed by atoms with E-state index in [1.165, 1.54) is 0 Å². The molecule has 3 rings (SSSR count). The molecule has 0 saturated carbocycles. The standard InChI is InChI=1S/C22H32ClN5O3/c1-5-17-12-21(27(3)26-17)25-22(29)24-20(15(2)30-4)10-11-28-13-19(14-28)31-18-8-6-16(23)7-9-18/h6-9,12,15,19-20H,5,10-11,13-14H2,1-4H3,(H2,24,25,29)/t15?,20-/m0/s1. The maximum atomic E-state index is 12.5. The number of nitrogens with zero attached hydrogens (tertiary/aromatic N) is 3. The van der Waals surface area contributed by atoms with Crippen LogP contribution in [0.5, 0.6) is 5.75 Å². The predicted octanol–water partition coefficient (Wildman–Crippen LogP) is 3.31. The lowest BCUT2D eigenvalue weighted by atomic mass is 10.1. The van der Waals surface area contributed by atoms with Crippen molar-refractivity contribution < 1.29 is 14.3 Å². The van der Waals surface area contributed by atoms with Crippen LogP contribution in [-0.2, 0) is 18.2 Å². The molecule has 170 valence electrons. The van der Waals surface area contributed by atoms with Crippen molar-refractivity contribution in [2.24, 2.45) is 7.05 Å². The molecule has 31 heavy (non-hydrogen) atoms. The van der Waals surface area contributed by atoms with Crippen molar-refractivity contribution in [2.75, 3.05) is 32.1 Å². The highest BCUT2D eigenvalue weighted by Crippen LogP contribution is 2.21. The minimum Gasteiger partial charge on any atom is -0.488 e. The van der Waals surface area contributed by atoms with Crippen LogP contribution in [0.1, 0.15) is 26.0 Å². The minimum atomic E-state index is -0.257. The van der Waals surface area contributed by atoms with Crippen LogP contribution >= 0.6 is 11.6 Å². The number of ether oxygens (including phenoxy) is 2. The molecule has 1 aliphatic heterocycles. The number of hydrogen-bond donors (Lipinski definition) is 2. The Labute approximate surface area is 188 Å². The Morgan fingerprint density at radius 3 is 2.65 bits per heavy atom. The zero-order valence-electron chi connectivity index (χ0n) is 18.6. The number of hydrogen-bond acceptors (Lipinski definition) is 5. The molecule has 0 radical (unpaired) electrons. The fourth-order valence-corrected chi connectivity index (χ4v) is 3.66. The second kappa shape index (κ2) is 10.8. The molecule has 1 aromatic heterocycles. The SMILES string of the molecule is CCc1cc(NC(=O)N[C@@H](CCN2CC(Oc3ccc(Cl)cc3)C2)C(C)OC)n(C)n1. The first-order valence-corrected chi connectivity index (χ1v) is 11.0. The number of urea groups is 1. The van der Waals surface area contributed by atoms with E-state index in [9.17, 15) is 4.79 Å². The van der Waals surface area contributed by atoms with E-state index in [4.69, 9.17) is 21.1 Å². The van der Waals surface area contributed by atoms with Crippen molar-refractivity contribution in [1.82, 2.24) is 20.0 Å². The van der Waals surface area contributed by atoms with Crippen molar-refractivity contribution >= 4 is 23.4 Å². The van der Waals surface area contributed by atoms with Gasteiger partial charge >= 0.3 is 6.03 Å². The van der Waals surface area contributed by atoms with Gasteiger partial charge in [0.1, 0.15) is 17.7 Å². The summed E-state index contributed by atoms with van der Waals surface area (Å²) < 4.78 is 13.1. The number of halogens is 1. The summed E-state index contributed by atoms with van der Waals surface area (Å²) in [6.07, 6.45) is 1.67. The van der Waals surface area contributed by atoms with Crippen LogP contribution in [0.3, 0.4) is 0 Å². The predicted molar refractivity (Wildman–Crippen MR) is 122 cm³/mol. The third-order valence-corrected chi connectivity index (χ3v) is 5.84. The highest BCUT2D eigenvalue weighted by molar-refractivity contribution is 6.30. The molecule has 1 unspecified atom stereocenters. The first-order chi connectivity index (χ1) is 14.9. The topological polar surface area (TPSA) is 80.7 Å². The molecule has 2 amide bonds. The molecule has 1 fully saturated rings. The molecule has 0 bridgehead atoms. The van der Waals surface area contributed by atoms with Gasteiger partial charge in [0.05, 0.1) is 17.8 Å². The number of carbonyl (C=O) groups excluding carboxylic acids is 1. The molecule has 2 heterocycles. The summed E-state index contributed by atoms with van der Waals surface area (Å²) in [6, 6.07) is 8.94. The van der Waals surface area contributed by atoms with E-state index >= 15 is 0 Å². The van der Waals surface area contributed by atoms with Crippen molar-refractivity contribution in [3.8, 4) is 5.75 Å². The zero-order chi connectivity index (χ0) is 22.4. The number of benzene rings is 1.